The van der Waals surface area contributed by atoms with Crippen LogP contribution in [0.3, 0.4) is 0 Å². The van der Waals surface area contributed by atoms with E-state index < -0.39 is 0 Å². The van der Waals surface area contributed by atoms with Crippen molar-refractivity contribution in [2.24, 2.45) is 12.9 Å². The fourth-order valence-corrected chi connectivity index (χ4v) is 4.73. The number of nitrogens with zero attached hydrogens (tertiary/aromatic N) is 2. The van der Waals surface area contributed by atoms with Gasteiger partial charge in [0, 0.05) is 29.7 Å². The Bertz CT molecular complexity index is 630. The largest absolute Gasteiger partial charge is 0.271 e. The minimum Gasteiger partial charge on any atom is -0.271 e. The molecule has 0 radical (unpaired) electrons. The van der Waals surface area contributed by atoms with Gasteiger partial charge in [0.25, 0.3) is 0 Å². The summed E-state index contributed by atoms with van der Waals surface area (Å²) in [6.07, 6.45) is 1.92. The van der Waals surface area contributed by atoms with E-state index in [1.807, 2.05) is 30.4 Å². The number of aryl methyl sites for hydroxylation is 2. The van der Waals surface area contributed by atoms with Crippen LogP contribution in [-0.4, -0.2) is 21.1 Å². The summed E-state index contributed by atoms with van der Waals surface area (Å²) in [5, 5.41) is 4.91. The Balaban J connectivity index is 1.78. The standard InChI is InChI=1S/C15H19BrN4S/c1-9-15(16)12(20(2)19-9)8-11(18-17)14-7-10-5-3-4-6-13(10)21-14/h3-6,11,14,18H,7-8,17H2,1-2H3. The molecule has 1 aliphatic rings. The zero-order valence-corrected chi connectivity index (χ0v) is 14.5. The average Bonchev–Trinajstić information content (AvgIpc) is 3.00. The number of fused-ring (bicyclic) bond motifs is 1. The molecule has 4 nitrogen and oxygen atoms in total. The van der Waals surface area contributed by atoms with Gasteiger partial charge in [-0.15, -0.1) is 11.8 Å². The van der Waals surface area contributed by atoms with E-state index in [0.717, 1.165) is 23.0 Å². The second-order valence-electron chi connectivity index (χ2n) is 5.42. The van der Waals surface area contributed by atoms with Gasteiger partial charge in [-0.05, 0) is 40.9 Å². The van der Waals surface area contributed by atoms with Crippen molar-refractivity contribution in [1.82, 2.24) is 15.2 Å². The van der Waals surface area contributed by atoms with Gasteiger partial charge in [-0.1, -0.05) is 18.2 Å². The van der Waals surface area contributed by atoms with Crippen LogP contribution in [0, 0.1) is 6.92 Å². The summed E-state index contributed by atoms with van der Waals surface area (Å²) >= 11 is 5.56. The summed E-state index contributed by atoms with van der Waals surface area (Å²) in [7, 11) is 1.98. The first-order chi connectivity index (χ1) is 10.1. The molecule has 0 saturated heterocycles. The number of halogens is 1. The van der Waals surface area contributed by atoms with Gasteiger partial charge >= 0.3 is 0 Å². The smallest absolute Gasteiger partial charge is 0.0738 e. The Morgan fingerprint density at radius 3 is 2.90 bits per heavy atom. The first-order valence-corrected chi connectivity index (χ1v) is 8.66. The minimum absolute atomic E-state index is 0.216. The van der Waals surface area contributed by atoms with E-state index >= 15 is 0 Å². The molecule has 112 valence electrons. The van der Waals surface area contributed by atoms with Crippen molar-refractivity contribution < 1.29 is 0 Å². The maximum atomic E-state index is 5.83. The fraction of sp³-hybridized carbons (Fsp3) is 0.400. The molecular formula is C15H19BrN4S. The van der Waals surface area contributed by atoms with Crippen LogP contribution in [0.1, 0.15) is 17.0 Å². The summed E-state index contributed by atoms with van der Waals surface area (Å²) in [6, 6.07) is 8.82. The molecule has 2 atom stereocenters. The molecular weight excluding hydrogens is 348 g/mol. The lowest BCUT2D eigenvalue weighted by atomic mass is 10.0. The van der Waals surface area contributed by atoms with Gasteiger partial charge in [0.05, 0.1) is 15.9 Å². The van der Waals surface area contributed by atoms with E-state index in [1.54, 1.807) is 0 Å². The van der Waals surface area contributed by atoms with Crippen LogP contribution in [0.5, 0.6) is 0 Å². The van der Waals surface area contributed by atoms with Gasteiger partial charge in [-0.3, -0.25) is 16.0 Å². The fourth-order valence-electron chi connectivity index (χ4n) is 2.84. The Morgan fingerprint density at radius 1 is 1.52 bits per heavy atom. The molecule has 0 fully saturated rings. The SMILES string of the molecule is Cc1nn(C)c(CC(NN)C2Cc3ccccc3S2)c1Br. The summed E-state index contributed by atoms with van der Waals surface area (Å²) < 4.78 is 3.03. The van der Waals surface area contributed by atoms with Crippen molar-refractivity contribution >= 4 is 27.7 Å². The third kappa shape index (κ3) is 2.90. The van der Waals surface area contributed by atoms with E-state index in [2.05, 4.69) is 50.7 Å². The van der Waals surface area contributed by atoms with Gasteiger partial charge < -0.3 is 0 Å². The van der Waals surface area contributed by atoms with E-state index in [1.165, 1.54) is 16.2 Å². The van der Waals surface area contributed by atoms with Crippen LogP contribution in [0.25, 0.3) is 0 Å². The van der Waals surface area contributed by atoms with Gasteiger partial charge in [0.2, 0.25) is 0 Å². The van der Waals surface area contributed by atoms with Crippen molar-refractivity contribution in [2.75, 3.05) is 0 Å². The lowest BCUT2D eigenvalue weighted by molar-refractivity contribution is 0.490. The number of rotatable bonds is 4. The molecule has 0 saturated carbocycles. The predicted octanol–water partition coefficient (Wildman–Crippen LogP) is 2.58. The predicted molar refractivity (Wildman–Crippen MR) is 90.3 cm³/mol. The van der Waals surface area contributed by atoms with Gasteiger partial charge in [0.15, 0.2) is 0 Å². The second kappa shape index (κ2) is 6.12. The lowest BCUT2D eigenvalue weighted by Crippen LogP contribution is -2.44. The zero-order chi connectivity index (χ0) is 15.0. The molecule has 2 aromatic rings. The van der Waals surface area contributed by atoms with Gasteiger partial charge in [-0.2, -0.15) is 5.10 Å². The molecule has 3 rings (SSSR count). The minimum atomic E-state index is 0.216. The number of nitrogens with two attached hydrogens (primary N) is 1. The molecule has 0 spiro atoms. The molecule has 1 aliphatic heterocycles. The highest BCUT2D eigenvalue weighted by atomic mass is 79.9. The molecule has 0 bridgehead atoms. The third-order valence-corrected chi connectivity index (χ3v) is 6.49. The molecule has 2 unspecified atom stereocenters. The van der Waals surface area contributed by atoms with Crippen molar-refractivity contribution in [3.05, 3.63) is 45.7 Å². The van der Waals surface area contributed by atoms with Crippen molar-refractivity contribution in [3.8, 4) is 0 Å². The third-order valence-electron chi connectivity index (χ3n) is 4.01. The van der Waals surface area contributed by atoms with Crippen LogP contribution in [0.15, 0.2) is 33.6 Å². The highest BCUT2D eigenvalue weighted by molar-refractivity contribution is 9.10. The summed E-state index contributed by atoms with van der Waals surface area (Å²) in [5.74, 6) is 5.83. The van der Waals surface area contributed by atoms with Gasteiger partial charge in [0.1, 0.15) is 0 Å². The van der Waals surface area contributed by atoms with Crippen LogP contribution in [-0.2, 0) is 19.9 Å². The Hall–Kier alpha value is -0.820. The van der Waals surface area contributed by atoms with Crippen molar-refractivity contribution in [1.29, 1.82) is 0 Å². The quantitative estimate of drug-likeness (QED) is 0.644. The molecule has 6 heteroatoms. The Morgan fingerprint density at radius 2 is 2.29 bits per heavy atom. The molecule has 21 heavy (non-hydrogen) atoms. The van der Waals surface area contributed by atoms with E-state index in [0.29, 0.717) is 5.25 Å². The van der Waals surface area contributed by atoms with Crippen molar-refractivity contribution in [2.45, 2.75) is 36.0 Å². The Labute approximate surface area is 137 Å². The number of hydrogen-bond donors (Lipinski definition) is 2. The Kier molecular flexibility index (Phi) is 4.40. The summed E-state index contributed by atoms with van der Waals surface area (Å²) in [4.78, 5) is 1.38. The van der Waals surface area contributed by atoms with E-state index in [9.17, 15) is 0 Å². The van der Waals surface area contributed by atoms with Gasteiger partial charge in [-0.25, -0.2) is 0 Å². The molecule has 2 heterocycles. The molecule has 1 aromatic carbocycles. The number of hydrogen-bond acceptors (Lipinski definition) is 4. The summed E-state index contributed by atoms with van der Waals surface area (Å²) in [5.41, 5.74) is 6.64. The average molecular weight is 367 g/mol. The van der Waals surface area contributed by atoms with Crippen molar-refractivity contribution in [3.63, 3.8) is 0 Å². The maximum absolute atomic E-state index is 5.83. The lowest BCUT2D eigenvalue weighted by Gasteiger charge is -2.22. The first-order valence-electron chi connectivity index (χ1n) is 6.98. The number of thioether (sulfide) groups is 1. The van der Waals surface area contributed by atoms with E-state index in [4.69, 9.17) is 5.84 Å². The van der Waals surface area contributed by atoms with E-state index in [-0.39, 0.29) is 6.04 Å². The summed E-state index contributed by atoms with van der Waals surface area (Å²) in [6.45, 7) is 2.01. The molecule has 0 amide bonds. The van der Waals surface area contributed by atoms with Crippen LogP contribution in [0.4, 0.5) is 0 Å². The highest BCUT2D eigenvalue weighted by Crippen LogP contribution is 2.39. The number of nitrogens with one attached hydrogen (secondary N) is 1. The maximum Gasteiger partial charge on any atom is 0.0738 e. The van der Waals surface area contributed by atoms with Crippen LogP contribution in [0.2, 0.25) is 0 Å². The number of benzene rings is 1. The van der Waals surface area contributed by atoms with Crippen LogP contribution >= 0.6 is 27.7 Å². The number of hydrazine groups is 1. The molecule has 3 N–H and O–H groups in total. The van der Waals surface area contributed by atoms with Crippen LogP contribution < -0.4 is 11.3 Å². The number of aromatic nitrogens is 2. The molecule has 0 aliphatic carbocycles. The monoisotopic (exact) mass is 366 g/mol. The first kappa shape index (κ1) is 15.1. The molecule has 1 aromatic heterocycles. The normalized spacial score (nSPS) is 18.8. The zero-order valence-electron chi connectivity index (χ0n) is 12.1. The second-order valence-corrected chi connectivity index (χ2v) is 7.49. The highest BCUT2D eigenvalue weighted by Gasteiger charge is 2.30. The topological polar surface area (TPSA) is 55.9 Å².